The molecule has 0 amide bonds. The normalized spacial score (nSPS) is 10.6. The van der Waals surface area contributed by atoms with E-state index in [-0.39, 0.29) is 18.6 Å². The smallest absolute Gasteiger partial charge is 0.303 e. The number of carboxylic acids is 1. The third-order valence-corrected chi connectivity index (χ3v) is 2.39. The number of para-hydroxylation sites is 1. The Bertz CT molecular complexity index is 585. The van der Waals surface area contributed by atoms with E-state index < -0.39 is 5.97 Å². The minimum Gasteiger partial charge on any atom is -0.481 e. The van der Waals surface area contributed by atoms with Gasteiger partial charge in [-0.05, 0) is 19.1 Å². The summed E-state index contributed by atoms with van der Waals surface area (Å²) in [6.45, 7) is 1.45. The first kappa shape index (κ1) is 11.3. The molecule has 88 valence electrons. The molecule has 1 aromatic carbocycles. The number of carbonyl (C=O) groups excluding carboxylic acids is 1. The maximum Gasteiger partial charge on any atom is 0.303 e. The number of nitrogens with zero attached hydrogens (tertiary/aromatic N) is 1. The van der Waals surface area contributed by atoms with Gasteiger partial charge in [0.2, 0.25) is 0 Å². The van der Waals surface area contributed by atoms with Gasteiger partial charge in [0.25, 0.3) is 0 Å². The van der Waals surface area contributed by atoms with E-state index in [1.807, 2.05) is 0 Å². The minimum atomic E-state index is -0.904. The van der Waals surface area contributed by atoms with Crippen molar-refractivity contribution in [3.8, 4) is 0 Å². The molecule has 2 rings (SSSR count). The van der Waals surface area contributed by atoms with E-state index >= 15 is 0 Å². The van der Waals surface area contributed by atoms with E-state index in [9.17, 15) is 9.59 Å². The zero-order valence-electron chi connectivity index (χ0n) is 9.27. The molecule has 1 heterocycles. The van der Waals surface area contributed by atoms with Crippen LogP contribution in [0.5, 0.6) is 0 Å². The summed E-state index contributed by atoms with van der Waals surface area (Å²) in [6, 6.07) is 5.12. The lowest BCUT2D eigenvalue weighted by molar-refractivity contribution is -0.137. The summed E-state index contributed by atoms with van der Waals surface area (Å²) >= 11 is 0. The van der Waals surface area contributed by atoms with Crippen molar-refractivity contribution in [1.29, 1.82) is 0 Å². The van der Waals surface area contributed by atoms with Crippen LogP contribution in [0.3, 0.4) is 0 Å². The summed E-state index contributed by atoms with van der Waals surface area (Å²) in [5.41, 5.74) is 1.48. The summed E-state index contributed by atoms with van der Waals surface area (Å²) < 4.78 is 5.42. The molecule has 0 saturated carbocycles. The number of aliphatic carboxylic acids is 1. The molecule has 0 aliphatic heterocycles. The lowest BCUT2D eigenvalue weighted by Crippen LogP contribution is -1.97. The fourth-order valence-corrected chi connectivity index (χ4v) is 1.59. The van der Waals surface area contributed by atoms with Gasteiger partial charge in [0, 0.05) is 6.42 Å². The highest BCUT2D eigenvalue weighted by molar-refractivity contribution is 6.03. The van der Waals surface area contributed by atoms with Crippen molar-refractivity contribution in [2.45, 2.75) is 19.8 Å². The van der Waals surface area contributed by atoms with Gasteiger partial charge >= 0.3 is 5.97 Å². The number of Topliss-reactive ketones (excluding diaryl/α,β-unsaturated/α-hetero) is 1. The van der Waals surface area contributed by atoms with Crippen LogP contribution in [-0.2, 0) is 11.2 Å². The van der Waals surface area contributed by atoms with Crippen molar-refractivity contribution in [2.75, 3.05) is 0 Å². The lowest BCUT2D eigenvalue weighted by atomic mass is 10.1. The number of fused-ring (bicyclic) bond motifs is 1. The molecule has 0 spiro atoms. The fourth-order valence-electron chi connectivity index (χ4n) is 1.59. The molecule has 5 heteroatoms. The predicted octanol–water partition coefficient (Wildman–Crippen LogP) is 2.05. The second-order valence-electron chi connectivity index (χ2n) is 3.71. The molecule has 0 atom stereocenters. The van der Waals surface area contributed by atoms with Crippen LogP contribution in [-0.4, -0.2) is 21.8 Å². The van der Waals surface area contributed by atoms with Gasteiger partial charge in [-0.25, -0.2) is 4.98 Å². The van der Waals surface area contributed by atoms with Crippen LogP contribution < -0.4 is 0 Å². The van der Waals surface area contributed by atoms with Gasteiger partial charge in [-0.1, -0.05) is 6.07 Å². The van der Waals surface area contributed by atoms with Crippen LogP contribution in [0.15, 0.2) is 22.6 Å². The average molecular weight is 233 g/mol. The molecular formula is C12H11NO4. The summed E-state index contributed by atoms with van der Waals surface area (Å²) in [7, 11) is 0. The number of benzene rings is 1. The number of oxazole rings is 1. The van der Waals surface area contributed by atoms with Gasteiger partial charge < -0.3 is 9.52 Å². The van der Waals surface area contributed by atoms with Gasteiger partial charge in [0.15, 0.2) is 17.3 Å². The number of ketones is 1. The van der Waals surface area contributed by atoms with E-state index in [4.69, 9.17) is 9.52 Å². The number of carboxylic acid groups (broad SMARTS) is 1. The molecule has 17 heavy (non-hydrogen) atoms. The third kappa shape index (κ3) is 2.33. The van der Waals surface area contributed by atoms with Crippen LogP contribution in [0.1, 0.15) is 29.6 Å². The second-order valence-corrected chi connectivity index (χ2v) is 3.71. The van der Waals surface area contributed by atoms with E-state index in [1.54, 1.807) is 18.2 Å². The van der Waals surface area contributed by atoms with Crippen molar-refractivity contribution in [3.63, 3.8) is 0 Å². The largest absolute Gasteiger partial charge is 0.481 e. The molecule has 0 unspecified atom stereocenters. The Hall–Kier alpha value is -2.17. The van der Waals surface area contributed by atoms with E-state index in [0.717, 1.165) is 0 Å². The topological polar surface area (TPSA) is 80.4 Å². The molecule has 5 nitrogen and oxygen atoms in total. The van der Waals surface area contributed by atoms with Crippen LogP contribution in [0.25, 0.3) is 11.1 Å². The third-order valence-electron chi connectivity index (χ3n) is 2.39. The number of aromatic nitrogens is 1. The van der Waals surface area contributed by atoms with Crippen LogP contribution >= 0.6 is 0 Å². The number of aryl methyl sites for hydroxylation is 1. The SMILES string of the molecule is CC(=O)c1cccc2nc(CCC(=O)O)oc12. The molecular weight excluding hydrogens is 222 g/mol. The summed E-state index contributed by atoms with van der Waals surface area (Å²) in [5, 5.41) is 8.57. The highest BCUT2D eigenvalue weighted by Crippen LogP contribution is 2.21. The van der Waals surface area contributed by atoms with Gasteiger partial charge in [-0.2, -0.15) is 0 Å². The first-order valence-electron chi connectivity index (χ1n) is 5.19. The Morgan fingerprint density at radius 2 is 2.18 bits per heavy atom. The van der Waals surface area contributed by atoms with Crippen LogP contribution in [0.2, 0.25) is 0 Å². The Morgan fingerprint density at radius 1 is 1.41 bits per heavy atom. The quantitative estimate of drug-likeness (QED) is 0.817. The molecule has 2 aromatic rings. The molecule has 0 bridgehead atoms. The number of rotatable bonds is 4. The minimum absolute atomic E-state index is 0.0395. The fraction of sp³-hybridized carbons (Fsp3) is 0.250. The molecule has 0 saturated heterocycles. The van der Waals surface area contributed by atoms with Crippen molar-refractivity contribution in [1.82, 2.24) is 4.98 Å². The summed E-state index contributed by atoms with van der Waals surface area (Å²) in [5.74, 6) is -0.660. The standard InChI is InChI=1S/C12H11NO4/c1-7(14)8-3-2-4-9-12(8)17-10(13-9)5-6-11(15)16/h2-4H,5-6H2,1H3,(H,15,16). The molecule has 1 N–H and O–H groups in total. The number of carbonyl (C=O) groups is 2. The first-order valence-corrected chi connectivity index (χ1v) is 5.19. The highest BCUT2D eigenvalue weighted by Gasteiger charge is 2.13. The summed E-state index contributed by atoms with van der Waals surface area (Å²) in [4.78, 5) is 25.9. The molecule has 1 aromatic heterocycles. The summed E-state index contributed by atoms with van der Waals surface area (Å²) in [6.07, 6.45) is 0.184. The zero-order chi connectivity index (χ0) is 12.4. The van der Waals surface area contributed by atoms with Gasteiger partial charge in [0.05, 0.1) is 12.0 Å². The van der Waals surface area contributed by atoms with Crippen molar-refractivity contribution in [2.24, 2.45) is 0 Å². The van der Waals surface area contributed by atoms with Gasteiger partial charge in [-0.15, -0.1) is 0 Å². The van der Waals surface area contributed by atoms with Gasteiger partial charge in [-0.3, -0.25) is 9.59 Å². The van der Waals surface area contributed by atoms with Crippen LogP contribution in [0.4, 0.5) is 0 Å². The van der Waals surface area contributed by atoms with E-state index in [2.05, 4.69) is 4.98 Å². The van der Waals surface area contributed by atoms with Crippen molar-refractivity contribution in [3.05, 3.63) is 29.7 Å². The average Bonchev–Trinajstić information content (AvgIpc) is 2.68. The molecule has 0 aliphatic carbocycles. The zero-order valence-corrected chi connectivity index (χ0v) is 9.27. The highest BCUT2D eigenvalue weighted by atomic mass is 16.4. The number of hydrogen-bond donors (Lipinski definition) is 1. The van der Waals surface area contributed by atoms with Crippen LogP contribution in [0, 0.1) is 0 Å². The van der Waals surface area contributed by atoms with E-state index in [1.165, 1.54) is 6.92 Å². The first-order chi connectivity index (χ1) is 8.08. The number of hydrogen-bond acceptors (Lipinski definition) is 4. The van der Waals surface area contributed by atoms with Crippen molar-refractivity contribution < 1.29 is 19.1 Å². The maximum atomic E-state index is 11.4. The molecule has 0 radical (unpaired) electrons. The monoisotopic (exact) mass is 233 g/mol. The second kappa shape index (κ2) is 4.37. The lowest BCUT2D eigenvalue weighted by Gasteiger charge is -1.94. The molecule has 0 aliphatic rings. The van der Waals surface area contributed by atoms with Crippen molar-refractivity contribution >= 4 is 22.9 Å². The Kier molecular flexibility index (Phi) is 2.91. The Labute approximate surface area is 97.1 Å². The predicted molar refractivity (Wildman–Crippen MR) is 60.0 cm³/mol. The Morgan fingerprint density at radius 3 is 2.82 bits per heavy atom. The van der Waals surface area contributed by atoms with Gasteiger partial charge in [0.1, 0.15) is 5.52 Å². The van der Waals surface area contributed by atoms with E-state index in [0.29, 0.717) is 22.6 Å². The Balaban J connectivity index is 2.39. The molecule has 0 fully saturated rings. The maximum absolute atomic E-state index is 11.4.